The van der Waals surface area contributed by atoms with Gasteiger partial charge < -0.3 is 10.1 Å². The molecule has 0 radical (unpaired) electrons. The molecular weight excluding hydrogens is 318 g/mol. The molecule has 1 aliphatic rings. The Balaban J connectivity index is 1.38. The van der Waals surface area contributed by atoms with Gasteiger partial charge in [0.25, 0.3) is 5.91 Å². The Morgan fingerprint density at radius 1 is 1.17 bits per heavy atom. The summed E-state index contributed by atoms with van der Waals surface area (Å²) in [6.07, 6.45) is 0.408. The first kappa shape index (κ1) is 15.2. The lowest BCUT2D eigenvalue weighted by molar-refractivity contribution is -0.127. The number of ether oxygens (including phenoxy) is 1. The number of hydrogen-bond acceptors (Lipinski definition) is 3. The highest BCUT2D eigenvalue weighted by Gasteiger charge is 2.35. The van der Waals surface area contributed by atoms with E-state index in [1.807, 2.05) is 31.2 Å². The van der Waals surface area contributed by atoms with Gasteiger partial charge in [-0.25, -0.2) is 0 Å². The minimum atomic E-state index is -0.429. The maximum Gasteiger partial charge on any atom is 0.261 e. The van der Waals surface area contributed by atoms with Gasteiger partial charge in [-0.15, -0.1) is 11.3 Å². The minimum absolute atomic E-state index is 0.0294. The van der Waals surface area contributed by atoms with Crippen molar-refractivity contribution in [2.24, 2.45) is 0 Å². The number of hydrogen-bond donors (Lipinski definition) is 1. The molecule has 1 N–H and O–H groups in total. The second-order valence-corrected chi connectivity index (χ2v) is 7.07. The van der Waals surface area contributed by atoms with Gasteiger partial charge >= 0.3 is 0 Å². The van der Waals surface area contributed by atoms with Crippen LogP contribution < -0.4 is 10.1 Å². The summed E-state index contributed by atoms with van der Waals surface area (Å²) in [5.41, 5.74) is 2.40. The summed E-state index contributed by atoms with van der Waals surface area (Å²) in [7, 11) is 0. The van der Waals surface area contributed by atoms with E-state index in [1.165, 1.54) is 15.6 Å². The lowest BCUT2D eigenvalue weighted by Gasteiger charge is -2.15. The number of fused-ring (bicyclic) bond motifs is 2. The topological polar surface area (TPSA) is 38.3 Å². The van der Waals surface area contributed by atoms with Crippen molar-refractivity contribution in [3.63, 3.8) is 0 Å². The Morgan fingerprint density at radius 3 is 2.83 bits per heavy atom. The highest BCUT2D eigenvalue weighted by molar-refractivity contribution is 7.17. The van der Waals surface area contributed by atoms with Crippen molar-refractivity contribution >= 4 is 27.3 Å². The molecule has 2 atom stereocenters. The molecule has 0 fully saturated rings. The quantitative estimate of drug-likeness (QED) is 0.777. The number of amides is 1. The third kappa shape index (κ3) is 2.67. The van der Waals surface area contributed by atoms with Crippen molar-refractivity contribution in [2.75, 3.05) is 6.54 Å². The van der Waals surface area contributed by atoms with Crippen LogP contribution in [0.15, 0.2) is 53.9 Å². The van der Waals surface area contributed by atoms with E-state index in [0.29, 0.717) is 6.54 Å². The fraction of sp³-hybridized carbons (Fsp3) is 0.250. The number of carbonyl (C=O) groups is 1. The molecule has 3 nitrogen and oxygen atoms in total. The largest absolute Gasteiger partial charge is 0.480 e. The van der Waals surface area contributed by atoms with E-state index in [1.54, 1.807) is 11.3 Å². The summed E-state index contributed by atoms with van der Waals surface area (Å²) in [5.74, 6) is 0.885. The van der Waals surface area contributed by atoms with E-state index < -0.39 is 6.10 Å². The van der Waals surface area contributed by atoms with Crippen molar-refractivity contribution in [2.45, 2.75) is 25.4 Å². The van der Waals surface area contributed by atoms with Crippen LogP contribution in [-0.2, 0) is 11.2 Å². The summed E-state index contributed by atoms with van der Waals surface area (Å²) >= 11 is 1.75. The molecule has 1 aliphatic heterocycles. The Labute approximate surface area is 145 Å². The van der Waals surface area contributed by atoms with Gasteiger partial charge in [0.2, 0.25) is 0 Å². The summed E-state index contributed by atoms with van der Waals surface area (Å²) in [5, 5.41) is 6.50. The summed E-state index contributed by atoms with van der Waals surface area (Å²) in [6, 6.07) is 16.3. The number of para-hydroxylation sites is 1. The van der Waals surface area contributed by atoms with E-state index in [2.05, 4.69) is 35.0 Å². The van der Waals surface area contributed by atoms with Gasteiger partial charge in [0, 0.05) is 22.7 Å². The fourth-order valence-corrected chi connectivity index (χ4v) is 4.29. The Hall–Kier alpha value is -2.33. The van der Waals surface area contributed by atoms with Crippen molar-refractivity contribution < 1.29 is 9.53 Å². The van der Waals surface area contributed by atoms with Gasteiger partial charge in [0.15, 0.2) is 6.10 Å². The van der Waals surface area contributed by atoms with E-state index in [4.69, 9.17) is 4.74 Å². The molecule has 24 heavy (non-hydrogen) atoms. The highest BCUT2D eigenvalue weighted by Crippen LogP contribution is 2.37. The third-order valence-corrected chi connectivity index (χ3v) is 5.64. The number of benzene rings is 2. The van der Waals surface area contributed by atoms with Crippen LogP contribution in [0.3, 0.4) is 0 Å². The number of rotatable bonds is 4. The monoisotopic (exact) mass is 337 g/mol. The van der Waals surface area contributed by atoms with E-state index in [9.17, 15) is 4.79 Å². The van der Waals surface area contributed by atoms with Gasteiger partial charge in [-0.1, -0.05) is 43.3 Å². The normalized spacial score (nSPS) is 19.0. The first-order valence-corrected chi connectivity index (χ1v) is 9.10. The van der Waals surface area contributed by atoms with Crippen molar-refractivity contribution in [3.8, 4) is 5.75 Å². The lowest BCUT2D eigenvalue weighted by atomic mass is 9.97. The van der Waals surface area contributed by atoms with E-state index in [0.717, 1.165) is 17.7 Å². The summed E-state index contributed by atoms with van der Waals surface area (Å²) in [4.78, 5) is 12.5. The molecule has 122 valence electrons. The number of carbonyl (C=O) groups excluding carboxylic acids is 1. The molecule has 1 amide bonds. The van der Waals surface area contributed by atoms with E-state index in [-0.39, 0.29) is 11.8 Å². The highest BCUT2D eigenvalue weighted by atomic mass is 32.1. The van der Waals surface area contributed by atoms with Crippen molar-refractivity contribution in [3.05, 3.63) is 65.0 Å². The average Bonchev–Trinajstić information content (AvgIpc) is 3.17. The van der Waals surface area contributed by atoms with Gasteiger partial charge in [-0.2, -0.15) is 0 Å². The maximum absolute atomic E-state index is 12.5. The first-order valence-electron chi connectivity index (χ1n) is 8.22. The van der Waals surface area contributed by atoms with Crippen LogP contribution in [0.4, 0.5) is 0 Å². The molecule has 4 heteroatoms. The molecule has 2 unspecified atom stereocenters. The van der Waals surface area contributed by atoms with Gasteiger partial charge in [-0.3, -0.25) is 4.79 Å². The fourth-order valence-electron chi connectivity index (χ4n) is 3.29. The predicted molar refractivity (Wildman–Crippen MR) is 97.8 cm³/mol. The van der Waals surface area contributed by atoms with Crippen LogP contribution in [0, 0.1) is 0 Å². The summed E-state index contributed by atoms with van der Waals surface area (Å²) in [6.45, 7) is 2.67. The zero-order valence-corrected chi connectivity index (χ0v) is 14.3. The molecule has 4 rings (SSSR count). The molecule has 0 saturated carbocycles. The molecular formula is C20H19NO2S. The summed E-state index contributed by atoms with van der Waals surface area (Å²) < 4.78 is 7.12. The Kier molecular flexibility index (Phi) is 3.98. The zero-order valence-electron chi connectivity index (χ0n) is 13.5. The predicted octanol–water partition coefficient (Wildman–Crippen LogP) is 4.12. The molecule has 2 aromatic carbocycles. The second-order valence-electron chi connectivity index (χ2n) is 6.16. The van der Waals surface area contributed by atoms with E-state index >= 15 is 0 Å². The van der Waals surface area contributed by atoms with Gasteiger partial charge in [0.05, 0.1) is 0 Å². The standard InChI is InChI=1S/C20H19NO2S/c1-13-15-6-2-4-8-17(15)23-19(13)20(22)21-11-10-14-12-24-18-9-5-3-7-16(14)18/h2-9,12-13,19H,10-11H2,1H3,(H,21,22). The van der Waals surface area contributed by atoms with Crippen LogP contribution in [0.2, 0.25) is 0 Å². The van der Waals surface area contributed by atoms with Gasteiger partial charge in [-0.05, 0) is 34.9 Å². The minimum Gasteiger partial charge on any atom is -0.480 e. The first-order chi connectivity index (χ1) is 11.7. The number of nitrogens with one attached hydrogen (secondary N) is 1. The maximum atomic E-state index is 12.5. The van der Waals surface area contributed by atoms with Crippen LogP contribution >= 0.6 is 11.3 Å². The molecule has 3 aromatic rings. The van der Waals surface area contributed by atoms with Crippen LogP contribution in [0.1, 0.15) is 24.0 Å². The van der Waals surface area contributed by atoms with Crippen molar-refractivity contribution in [1.29, 1.82) is 0 Å². The Bertz CT molecular complexity index is 886. The molecule has 0 aliphatic carbocycles. The zero-order chi connectivity index (χ0) is 16.5. The molecule has 0 spiro atoms. The molecule has 1 aromatic heterocycles. The van der Waals surface area contributed by atoms with Gasteiger partial charge in [0.1, 0.15) is 5.75 Å². The third-order valence-electron chi connectivity index (χ3n) is 4.63. The lowest BCUT2D eigenvalue weighted by Crippen LogP contribution is -2.39. The molecule has 0 bridgehead atoms. The van der Waals surface area contributed by atoms with Crippen LogP contribution in [0.25, 0.3) is 10.1 Å². The second kappa shape index (κ2) is 6.29. The SMILES string of the molecule is CC1c2ccccc2OC1C(=O)NCCc1csc2ccccc12. The molecule has 0 saturated heterocycles. The Morgan fingerprint density at radius 2 is 1.96 bits per heavy atom. The average molecular weight is 337 g/mol. The smallest absolute Gasteiger partial charge is 0.261 e. The number of thiophene rings is 1. The van der Waals surface area contributed by atoms with Crippen molar-refractivity contribution in [1.82, 2.24) is 5.32 Å². The van der Waals surface area contributed by atoms with Crippen LogP contribution in [0.5, 0.6) is 5.75 Å². The molecule has 2 heterocycles. The van der Waals surface area contributed by atoms with Crippen LogP contribution in [-0.4, -0.2) is 18.6 Å².